The average molecular weight is 339 g/mol. The Balaban J connectivity index is 2.17. The molecule has 2 N–H and O–H groups in total. The molecular weight excluding hydrogens is 316 g/mol. The van der Waals surface area contributed by atoms with Crippen molar-refractivity contribution in [2.75, 3.05) is 6.54 Å². The molecule has 2 unspecified atom stereocenters. The van der Waals surface area contributed by atoms with E-state index in [0.717, 1.165) is 30.3 Å². The lowest BCUT2D eigenvalue weighted by Gasteiger charge is -2.29. The van der Waals surface area contributed by atoms with Crippen LogP contribution in [0.25, 0.3) is 0 Å². The fourth-order valence-electron chi connectivity index (χ4n) is 2.78. The van der Waals surface area contributed by atoms with Crippen molar-refractivity contribution in [2.45, 2.75) is 45.2 Å². The molecule has 110 valence electrons. The molecule has 1 aromatic rings. The van der Waals surface area contributed by atoms with Crippen molar-refractivity contribution in [3.63, 3.8) is 0 Å². The van der Waals surface area contributed by atoms with Crippen LogP contribution in [0.2, 0.25) is 0 Å². The molecule has 1 amide bonds. The standard InChI is InChI=1S/C16H23BrN2O/c1-3-11(2)15(18)16(20)19-9-5-8-14(19)12-6-4-7-13(17)10-12/h4,6-7,10-11,14-15H,3,5,8-9,18H2,1-2H3/t11?,14?,15-/m0/s1. The van der Waals surface area contributed by atoms with E-state index >= 15 is 0 Å². The van der Waals surface area contributed by atoms with Crippen molar-refractivity contribution < 1.29 is 4.79 Å². The maximum absolute atomic E-state index is 12.6. The Morgan fingerprint density at radius 1 is 1.55 bits per heavy atom. The van der Waals surface area contributed by atoms with E-state index in [4.69, 9.17) is 5.73 Å². The minimum Gasteiger partial charge on any atom is -0.334 e. The minimum absolute atomic E-state index is 0.0989. The van der Waals surface area contributed by atoms with Gasteiger partial charge in [-0.2, -0.15) is 0 Å². The van der Waals surface area contributed by atoms with Gasteiger partial charge in [-0.15, -0.1) is 0 Å². The van der Waals surface area contributed by atoms with Gasteiger partial charge in [0.05, 0.1) is 12.1 Å². The molecule has 1 fully saturated rings. The van der Waals surface area contributed by atoms with Crippen molar-refractivity contribution in [1.82, 2.24) is 4.90 Å². The van der Waals surface area contributed by atoms with Crippen molar-refractivity contribution in [2.24, 2.45) is 11.7 Å². The third-order valence-electron chi connectivity index (χ3n) is 4.31. The summed E-state index contributed by atoms with van der Waals surface area (Å²) in [6, 6.07) is 8.02. The van der Waals surface area contributed by atoms with Crippen LogP contribution in [0.5, 0.6) is 0 Å². The fourth-order valence-corrected chi connectivity index (χ4v) is 3.20. The van der Waals surface area contributed by atoms with Crippen LogP contribution >= 0.6 is 15.9 Å². The van der Waals surface area contributed by atoms with Crippen molar-refractivity contribution >= 4 is 21.8 Å². The first-order valence-corrected chi connectivity index (χ1v) is 8.15. The van der Waals surface area contributed by atoms with Crippen LogP contribution < -0.4 is 5.73 Å². The summed E-state index contributed by atoms with van der Waals surface area (Å²) in [6.45, 7) is 4.94. The molecule has 1 heterocycles. The van der Waals surface area contributed by atoms with E-state index in [1.54, 1.807) is 0 Å². The number of halogens is 1. The lowest BCUT2D eigenvalue weighted by atomic mass is 9.97. The van der Waals surface area contributed by atoms with Crippen LogP contribution in [-0.4, -0.2) is 23.4 Å². The molecule has 3 nitrogen and oxygen atoms in total. The highest BCUT2D eigenvalue weighted by molar-refractivity contribution is 9.10. The molecule has 1 aromatic carbocycles. The number of hydrogen-bond donors (Lipinski definition) is 1. The van der Waals surface area contributed by atoms with Gasteiger partial charge in [-0.25, -0.2) is 0 Å². The van der Waals surface area contributed by atoms with Gasteiger partial charge in [0.25, 0.3) is 0 Å². The molecule has 0 spiro atoms. The Bertz CT molecular complexity index is 477. The summed E-state index contributed by atoms with van der Waals surface area (Å²) < 4.78 is 1.06. The number of rotatable bonds is 4. The second-order valence-electron chi connectivity index (χ2n) is 5.66. The van der Waals surface area contributed by atoms with Crippen LogP contribution in [0, 0.1) is 5.92 Å². The van der Waals surface area contributed by atoms with Gasteiger partial charge < -0.3 is 10.6 Å². The zero-order valence-electron chi connectivity index (χ0n) is 12.2. The quantitative estimate of drug-likeness (QED) is 0.913. The SMILES string of the molecule is CCC(C)[C@H](N)C(=O)N1CCCC1c1cccc(Br)c1. The maximum Gasteiger partial charge on any atom is 0.240 e. The first-order valence-electron chi connectivity index (χ1n) is 7.36. The minimum atomic E-state index is -0.382. The highest BCUT2D eigenvalue weighted by Gasteiger charge is 2.34. The van der Waals surface area contributed by atoms with Gasteiger partial charge in [0.2, 0.25) is 5.91 Å². The smallest absolute Gasteiger partial charge is 0.240 e. The molecule has 0 saturated carbocycles. The molecule has 0 bridgehead atoms. The lowest BCUT2D eigenvalue weighted by molar-refractivity contribution is -0.134. The molecule has 1 aliphatic heterocycles. The normalized spacial score (nSPS) is 21.8. The predicted octanol–water partition coefficient (Wildman–Crippen LogP) is 3.49. The van der Waals surface area contributed by atoms with E-state index in [1.165, 1.54) is 5.56 Å². The third-order valence-corrected chi connectivity index (χ3v) is 4.80. The number of carbonyl (C=O) groups excluding carboxylic acids is 1. The van der Waals surface area contributed by atoms with E-state index in [9.17, 15) is 4.79 Å². The van der Waals surface area contributed by atoms with Gasteiger partial charge in [0.1, 0.15) is 0 Å². The zero-order chi connectivity index (χ0) is 14.7. The van der Waals surface area contributed by atoms with Crippen molar-refractivity contribution in [3.8, 4) is 0 Å². The largest absolute Gasteiger partial charge is 0.334 e. The van der Waals surface area contributed by atoms with Crippen LogP contribution in [0.3, 0.4) is 0 Å². The van der Waals surface area contributed by atoms with Gasteiger partial charge in [-0.1, -0.05) is 48.3 Å². The summed E-state index contributed by atoms with van der Waals surface area (Å²) in [4.78, 5) is 14.6. The highest BCUT2D eigenvalue weighted by Crippen LogP contribution is 2.33. The molecule has 0 aromatic heterocycles. The molecule has 1 aliphatic rings. The summed E-state index contributed by atoms with van der Waals surface area (Å²) in [5, 5.41) is 0. The number of amides is 1. The van der Waals surface area contributed by atoms with Crippen LogP contribution in [0.4, 0.5) is 0 Å². The molecule has 4 heteroatoms. The summed E-state index contributed by atoms with van der Waals surface area (Å²) >= 11 is 3.50. The average Bonchev–Trinajstić information content (AvgIpc) is 2.94. The van der Waals surface area contributed by atoms with E-state index < -0.39 is 0 Å². The maximum atomic E-state index is 12.6. The van der Waals surface area contributed by atoms with Gasteiger partial charge in [-0.05, 0) is 36.5 Å². The van der Waals surface area contributed by atoms with E-state index in [1.807, 2.05) is 24.0 Å². The summed E-state index contributed by atoms with van der Waals surface area (Å²) in [6.07, 6.45) is 3.01. The second kappa shape index (κ2) is 6.72. The topological polar surface area (TPSA) is 46.3 Å². The van der Waals surface area contributed by atoms with Crippen LogP contribution in [0.15, 0.2) is 28.7 Å². The zero-order valence-corrected chi connectivity index (χ0v) is 13.8. The number of carbonyl (C=O) groups is 1. The second-order valence-corrected chi connectivity index (χ2v) is 6.57. The van der Waals surface area contributed by atoms with Crippen LogP contribution in [-0.2, 0) is 4.79 Å². The van der Waals surface area contributed by atoms with E-state index in [0.29, 0.717) is 0 Å². The van der Waals surface area contributed by atoms with Crippen molar-refractivity contribution in [3.05, 3.63) is 34.3 Å². The Morgan fingerprint density at radius 3 is 2.95 bits per heavy atom. The molecular formula is C16H23BrN2O. The summed E-state index contributed by atoms with van der Waals surface area (Å²) in [5.74, 6) is 0.327. The van der Waals surface area contributed by atoms with Gasteiger partial charge in [-0.3, -0.25) is 4.79 Å². The molecule has 2 rings (SSSR count). The van der Waals surface area contributed by atoms with Crippen LogP contribution in [0.1, 0.15) is 44.7 Å². The molecule has 1 saturated heterocycles. The molecule has 20 heavy (non-hydrogen) atoms. The Hall–Kier alpha value is -0.870. The van der Waals surface area contributed by atoms with Gasteiger partial charge >= 0.3 is 0 Å². The number of likely N-dealkylation sites (tertiary alicyclic amines) is 1. The highest BCUT2D eigenvalue weighted by atomic mass is 79.9. The molecule has 3 atom stereocenters. The van der Waals surface area contributed by atoms with E-state index in [2.05, 4.69) is 35.0 Å². The number of nitrogens with zero attached hydrogens (tertiary/aromatic N) is 1. The fraction of sp³-hybridized carbons (Fsp3) is 0.562. The number of benzene rings is 1. The van der Waals surface area contributed by atoms with Gasteiger partial charge in [0.15, 0.2) is 0 Å². The first kappa shape index (κ1) is 15.5. The number of hydrogen-bond acceptors (Lipinski definition) is 2. The third kappa shape index (κ3) is 3.23. The summed E-state index contributed by atoms with van der Waals surface area (Å²) in [7, 11) is 0. The lowest BCUT2D eigenvalue weighted by Crippen LogP contribution is -2.46. The molecule has 0 radical (unpaired) electrons. The Labute approximate surface area is 129 Å². The monoisotopic (exact) mass is 338 g/mol. The predicted molar refractivity (Wildman–Crippen MR) is 85.3 cm³/mol. The van der Waals surface area contributed by atoms with Crippen molar-refractivity contribution in [1.29, 1.82) is 0 Å². The Morgan fingerprint density at radius 2 is 2.30 bits per heavy atom. The first-order chi connectivity index (χ1) is 9.54. The van der Waals surface area contributed by atoms with Gasteiger partial charge in [0, 0.05) is 11.0 Å². The Kier molecular flexibility index (Phi) is 5.22. The van der Waals surface area contributed by atoms with E-state index in [-0.39, 0.29) is 23.9 Å². The summed E-state index contributed by atoms with van der Waals surface area (Å²) in [5.41, 5.74) is 7.32. The molecule has 0 aliphatic carbocycles. The number of nitrogens with two attached hydrogens (primary N) is 1.